The fourth-order valence-electron chi connectivity index (χ4n) is 2.78. The number of aryl methyl sites for hydroxylation is 1. The number of rotatable bonds is 5. The molecule has 124 valence electrons. The molecule has 3 rings (SSSR count). The number of benzene rings is 2. The summed E-state index contributed by atoms with van der Waals surface area (Å²) in [5, 5.41) is 1.37. The van der Waals surface area contributed by atoms with Crippen molar-refractivity contribution in [2.75, 3.05) is 0 Å². The molecule has 0 amide bonds. The van der Waals surface area contributed by atoms with Gasteiger partial charge in [0.25, 0.3) is 0 Å². The van der Waals surface area contributed by atoms with Gasteiger partial charge in [0, 0.05) is 17.5 Å². The summed E-state index contributed by atoms with van der Waals surface area (Å²) in [4.78, 5) is 11.8. The van der Waals surface area contributed by atoms with E-state index in [0.717, 1.165) is 29.4 Å². The average Bonchev–Trinajstić information content (AvgIpc) is 2.57. The van der Waals surface area contributed by atoms with Crippen molar-refractivity contribution in [1.29, 1.82) is 0 Å². The molecule has 1 atom stereocenters. The van der Waals surface area contributed by atoms with Gasteiger partial charge in [-0.05, 0) is 30.5 Å². The smallest absolute Gasteiger partial charge is 0.336 e. The van der Waals surface area contributed by atoms with E-state index in [1.807, 2.05) is 43.3 Å². The molecule has 2 aromatic carbocycles. The second-order valence-corrected chi connectivity index (χ2v) is 6.20. The van der Waals surface area contributed by atoms with Crippen molar-refractivity contribution in [2.45, 2.75) is 32.8 Å². The third-order valence-corrected chi connectivity index (χ3v) is 4.27. The van der Waals surface area contributed by atoms with Crippen LogP contribution in [0.1, 0.15) is 37.5 Å². The lowest BCUT2D eigenvalue weighted by molar-refractivity contribution is 0.227. The number of fused-ring (bicyclic) bond motifs is 1. The monoisotopic (exact) mass is 342 g/mol. The Hall–Kier alpha value is -2.26. The van der Waals surface area contributed by atoms with Gasteiger partial charge in [-0.15, -0.1) is 0 Å². The van der Waals surface area contributed by atoms with Gasteiger partial charge in [0.2, 0.25) is 0 Å². The molecule has 0 bridgehead atoms. The lowest BCUT2D eigenvalue weighted by atomic mass is 10.1. The van der Waals surface area contributed by atoms with Crippen molar-refractivity contribution in [3.8, 4) is 5.75 Å². The molecule has 0 spiro atoms. The number of hydrogen-bond donors (Lipinski definition) is 0. The van der Waals surface area contributed by atoms with Gasteiger partial charge in [0.1, 0.15) is 17.4 Å². The van der Waals surface area contributed by atoms with Crippen LogP contribution in [0.5, 0.6) is 5.75 Å². The van der Waals surface area contributed by atoms with Gasteiger partial charge >= 0.3 is 5.63 Å². The molecule has 0 N–H and O–H groups in total. The first-order chi connectivity index (χ1) is 11.6. The molecular formula is C20H19ClO3. The zero-order valence-electron chi connectivity index (χ0n) is 13.7. The Kier molecular flexibility index (Phi) is 4.91. The second kappa shape index (κ2) is 7.10. The van der Waals surface area contributed by atoms with E-state index in [9.17, 15) is 4.79 Å². The molecule has 0 radical (unpaired) electrons. The molecule has 1 unspecified atom stereocenters. The van der Waals surface area contributed by atoms with Gasteiger partial charge in [-0.1, -0.05) is 55.3 Å². The van der Waals surface area contributed by atoms with Crippen LogP contribution in [-0.2, 0) is 6.42 Å². The van der Waals surface area contributed by atoms with Crippen LogP contribution in [0.4, 0.5) is 0 Å². The maximum atomic E-state index is 11.8. The quantitative estimate of drug-likeness (QED) is 0.571. The van der Waals surface area contributed by atoms with Crippen LogP contribution in [0.15, 0.2) is 57.7 Å². The SMILES string of the molecule is CCCc1cc(=O)oc2cc(OC(C)c3ccccc3)c(Cl)cc12. The van der Waals surface area contributed by atoms with Gasteiger partial charge in [0.15, 0.2) is 0 Å². The molecular weight excluding hydrogens is 324 g/mol. The van der Waals surface area contributed by atoms with Gasteiger partial charge in [-0.3, -0.25) is 0 Å². The normalized spacial score (nSPS) is 12.3. The van der Waals surface area contributed by atoms with E-state index in [0.29, 0.717) is 16.4 Å². The maximum absolute atomic E-state index is 11.8. The summed E-state index contributed by atoms with van der Waals surface area (Å²) in [5.41, 5.74) is 2.16. The van der Waals surface area contributed by atoms with Gasteiger partial charge in [-0.2, -0.15) is 0 Å². The highest BCUT2D eigenvalue weighted by Crippen LogP contribution is 2.34. The van der Waals surface area contributed by atoms with E-state index in [4.69, 9.17) is 20.8 Å². The molecule has 0 saturated heterocycles. The molecule has 0 aliphatic rings. The van der Waals surface area contributed by atoms with Crippen molar-refractivity contribution in [1.82, 2.24) is 0 Å². The summed E-state index contributed by atoms with van der Waals surface area (Å²) in [6, 6.07) is 15.0. The Balaban J connectivity index is 2.00. The highest BCUT2D eigenvalue weighted by Gasteiger charge is 2.14. The van der Waals surface area contributed by atoms with Crippen molar-refractivity contribution in [3.63, 3.8) is 0 Å². The van der Waals surface area contributed by atoms with Crippen molar-refractivity contribution < 1.29 is 9.15 Å². The fourth-order valence-corrected chi connectivity index (χ4v) is 2.99. The Morgan fingerprint density at radius 1 is 1.17 bits per heavy atom. The van der Waals surface area contributed by atoms with E-state index in [1.165, 1.54) is 6.07 Å². The van der Waals surface area contributed by atoms with Crippen molar-refractivity contribution >= 4 is 22.6 Å². The van der Waals surface area contributed by atoms with Gasteiger partial charge in [-0.25, -0.2) is 4.79 Å². The van der Waals surface area contributed by atoms with Crippen molar-refractivity contribution in [2.24, 2.45) is 0 Å². The van der Waals surface area contributed by atoms with Crippen LogP contribution in [0.25, 0.3) is 11.0 Å². The first-order valence-electron chi connectivity index (χ1n) is 8.06. The fraction of sp³-hybridized carbons (Fsp3) is 0.250. The predicted molar refractivity (Wildman–Crippen MR) is 97.0 cm³/mol. The van der Waals surface area contributed by atoms with Gasteiger partial charge < -0.3 is 9.15 Å². The Morgan fingerprint density at radius 3 is 2.62 bits per heavy atom. The minimum absolute atomic E-state index is 0.160. The van der Waals surface area contributed by atoms with Gasteiger partial charge in [0.05, 0.1) is 5.02 Å². The molecule has 24 heavy (non-hydrogen) atoms. The van der Waals surface area contributed by atoms with Crippen LogP contribution in [-0.4, -0.2) is 0 Å². The van der Waals surface area contributed by atoms with E-state index >= 15 is 0 Å². The molecule has 0 aliphatic carbocycles. The summed E-state index contributed by atoms with van der Waals surface area (Å²) >= 11 is 6.40. The number of ether oxygens (including phenoxy) is 1. The highest BCUT2D eigenvalue weighted by atomic mass is 35.5. The van der Waals surface area contributed by atoms with E-state index in [1.54, 1.807) is 6.07 Å². The lowest BCUT2D eigenvalue weighted by Crippen LogP contribution is -2.04. The number of hydrogen-bond acceptors (Lipinski definition) is 3. The largest absolute Gasteiger partial charge is 0.484 e. The number of halogens is 1. The zero-order valence-corrected chi connectivity index (χ0v) is 14.5. The molecule has 0 fully saturated rings. The topological polar surface area (TPSA) is 39.4 Å². The van der Waals surface area contributed by atoms with E-state index < -0.39 is 0 Å². The first kappa shape index (κ1) is 16.6. The summed E-state index contributed by atoms with van der Waals surface area (Å²) < 4.78 is 11.3. The first-order valence-corrected chi connectivity index (χ1v) is 8.44. The molecule has 3 aromatic rings. The standard InChI is InChI=1S/C20H19ClO3/c1-3-7-15-10-20(22)24-18-12-19(17(21)11-16(15)18)23-13(2)14-8-5-4-6-9-14/h4-6,8-13H,3,7H2,1-2H3. The van der Waals surface area contributed by atoms with Crippen LogP contribution in [0.2, 0.25) is 5.02 Å². The van der Waals surface area contributed by atoms with Crippen molar-refractivity contribution in [3.05, 3.63) is 75.1 Å². The van der Waals surface area contributed by atoms with Crippen LogP contribution >= 0.6 is 11.6 Å². The molecule has 0 aliphatic heterocycles. The molecule has 1 heterocycles. The molecule has 0 saturated carbocycles. The third kappa shape index (κ3) is 3.46. The summed E-state index contributed by atoms with van der Waals surface area (Å²) in [7, 11) is 0. The summed E-state index contributed by atoms with van der Waals surface area (Å²) in [6.07, 6.45) is 1.59. The Bertz CT molecular complexity index is 900. The maximum Gasteiger partial charge on any atom is 0.336 e. The molecule has 1 aromatic heterocycles. The van der Waals surface area contributed by atoms with E-state index in [-0.39, 0.29) is 11.7 Å². The minimum Gasteiger partial charge on any atom is -0.484 e. The second-order valence-electron chi connectivity index (χ2n) is 5.79. The molecule has 4 heteroatoms. The van der Waals surface area contributed by atoms with Crippen LogP contribution in [0, 0.1) is 0 Å². The third-order valence-electron chi connectivity index (χ3n) is 3.97. The van der Waals surface area contributed by atoms with E-state index in [2.05, 4.69) is 6.92 Å². The average molecular weight is 343 g/mol. The minimum atomic E-state index is -0.352. The zero-order chi connectivity index (χ0) is 17.1. The Labute approximate surface area is 145 Å². The summed E-state index contributed by atoms with van der Waals surface area (Å²) in [5.74, 6) is 0.511. The lowest BCUT2D eigenvalue weighted by Gasteiger charge is -2.17. The molecule has 3 nitrogen and oxygen atoms in total. The highest BCUT2D eigenvalue weighted by molar-refractivity contribution is 6.32. The summed E-state index contributed by atoms with van der Waals surface area (Å²) in [6.45, 7) is 4.03. The Morgan fingerprint density at radius 2 is 1.92 bits per heavy atom. The predicted octanol–water partition coefficient (Wildman–Crippen LogP) is 5.54. The van der Waals surface area contributed by atoms with Crippen LogP contribution < -0.4 is 10.4 Å². The van der Waals surface area contributed by atoms with Crippen LogP contribution in [0.3, 0.4) is 0 Å².